The fourth-order valence-corrected chi connectivity index (χ4v) is 0.607. The minimum absolute atomic E-state index is 0.0938. The summed E-state index contributed by atoms with van der Waals surface area (Å²) in [5.41, 5.74) is -0.736. The molecule has 1 radical (unpaired) electrons. The Hall–Kier alpha value is -0.0800. The lowest BCUT2D eigenvalue weighted by Crippen LogP contribution is -2.40. The molecule has 0 heterocycles. The average Bonchev–Trinajstić information content (AvgIpc) is 1.61. The highest BCUT2D eigenvalue weighted by molar-refractivity contribution is 4.98. The second kappa shape index (κ2) is 1.46. The van der Waals surface area contributed by atoms with Crippen LogP contribution in [-0.4, -0.2) is 22.4 Å². The molecule has 2 nitrogen and oxygen atoms in total. The van der Waals surface area contributed by atoms with E-state index in [-0.39, 0.29) is 6.61 Å². The number of hydrogen-bond donors (Lipinski definition) is 2. The first-order valence-corrected chi connectivity index (χ1v) is 2.42. The fourth-order valence-electron chi connectivity index (χ4n) is 0.607. The molecule has 0 saturated heterocycles. The zero-order valence-corrected chi connectivity index (χ0v) is 4.09. The second-order valence-electron chi connectivity index (χ2n) is 2.08. The van der Waals surface area contributed by atoms with E-state index in [9.17, 15) is 0 Å². The molecular formula is C5H9O2. The predicted octanol–water partition coefficient (Wildman–Crippen LogP) is -0.292. The van der Waals surface area contributed by atoms with Crippen LogP contribution in [0.1, 0.15) is 12.8 Å². The Labute approximate surface area is 42.8 Å². The Morgan fingerprint density at radius 1 is 1.57 bits per heavy atom. The van der Waals surface area contributed by atoms with E-state index in [1.807, 2.05) is 6.42 Å². The highest BCUT2D eigenvalue weighted by Crippen LogP contribution is 2.29. The van der Waals surface area contributed by atoms with E-state index in [2.05, 4.69) is 0 Å². The van der Waals surface area contributed by atoms with Crippen LogP contribution in [0.25, 0.3) is 0 Å². The fraction of sp³-hybridized carbons (Fsp3) is 0.800. The Bertz CT molecular complexity index is 61.0. The van der Waals surface area contributed by atoms with Gasteiger partial charge in [-0.3, -0.25) is 0 Å². The Morgan fingerprint density at radius 2 is 2.14 bits per heavy atom. The van der Waals surface area contributed by atoms with E-state index in [0.717, 1.165) is 0 Å². The van der Waals surface area contributed by atoms with Gasteiger partial charge in [-0.15, -0.1) is 0 Å². The highest BCUT2D eigenvalue weighted by atomic mass is 16.3. The summed E-state index contributed by atoms with van der Waals surface area (Å²) < 4.78 is 0. The molecule has 0 unspecified atom stereocenters. The molecule has 41 valence electrons. The van der Waals surface area contributed by atoms with Crippen molar-refractivity contribution in [3.05, 3.63) is 6.42 Å². The smallest absolute Gasteiger partial charge is 0.0882 e. The molecule has 2 heteroatoms. The third kappa shape index (κ3) is 0.763. The number of aliphatic hydroxyl groups excluding tert-OH is 1. The molecular weight excluding hydrogens is 92.1 g/mol. The normalized spacial score (nSPS) is 26.6. The SMILES string of the molecule is OCC1(O)C[CH]C1. The molecule has 1 saturated carbocycles. The molecule has 0 aliphatic heterocycles. The number of hydrogen-bond acceptors (Lipinski definition) is 2. The summed E-state index contributed by atoms with van der Waals surface area (Å²) in [6.45, 7) is -0.0938. The monoisotopic (exact) mass is 101 g/mol. The maximum atomic E-state index is 8.94. The van der Waals surface area contributed by atoms with E-state index in [1.165, 1.54) is 0 Å². The number of aliphatic hydroxyl groups is 2. The van der Waals surface area contributed by atoms with Crippen molar-refractivity contribution < 1.29 is 10.2 Å². The van der Waals surface area contributed by atoms with E-state index in [1.54, 1.807) is 0 Å². The molecule has 0 amide bonds. The zero-order chi connectivity index (χ0) is 5.33. The van der Waals surface area contributed by atoms with Crippen LogP contribution >= 0.6 is 0 Å². The van der Waals surface area contributed by atoms with Crippen LogP contribution in [0.5, 0.6) is 0 Å². The molecule has 1 aliphatic rings. The molecule has 1 rings (SSSR count). The van der Waals surface area contributed by atoms with Gasteiger partial charge in [-0.2, -0.15) is 0 Å². The maximum absolute atomic E-state index is 8.94. The molecule has 0 aromatic heterocycles. The van der Waals surface area contributed by atoms with Gasteiger partial charge in [0, 0.05) is 0 Å². The summed E-state index contributed by atoms with van der Waals surface area (Å²) in [4.78, 5) is 0. The lowest BCUT2D eigenvalue weighted by molar-refractivity contribution is -0.0475. The Morgan fingerprint density at radius 3 is 2.14 bits per heavy atom. The first-order chi connectivity index (χ1) is 3.27. The minimum atomic E-state index is -0.736. The molecule has 0 aromatic carbocycles. The molecule has 7 heavy (non-hydrogen) atoms. The van der Waals surface area contributed by atoms with Gasteiger partial charge in [0.05, 0.1) is 12.2 Å². The van der Waals surface area contributed by atoms with Crippen LogP contribution in [-0.2, 0) is 0 Å². The van der Waals surface area contributed by atoms with Gasteiger partial charge in [0.25, 0.3) is 0 Å². The van der Waals surface area contributed by atoms with Crippen LogP contribution in [0, 0.1) is 6.42 Å². The van der Waals surface area contributed by atoms with Crippen molar-refractivity contribution in [2.45, 2.75) is 18.4 Å². The van der Waals surface area contributed by atoms with Crippen molar-refractivity contribution >= 4 is 0 Å². The van der Waals surface area contributed by atoms with Crippen LogP contribution in [0.4, 0.5) is 0 Å². The predicted molar refractivity (Wildman–Crippen MR) is 25.6 cm³/mol. The second-order valence-corrected chi connectivity index (χ2v) is 2.08. The summed E-state index contributed by atoms with van der Waals surface area (Å²) in [6.07, 6.45) is 3.27. The topological polar surface area (TPSA) is 40.5 Å². The quantitative estimate of drug-likeness (QED) is 0.476. The van der Waals surface area contributed by atoms with E-state index >= 15 is 0 Å². The Balaban J connectivity index is 2.29. The third-order valence-corrected chi connectivity index (χ3v) is 1.34. The summed E-state index contributed by atoms with van der Waals surface area (Å²) in [5.74, 6) is 0. The molecule has 1 fully saturated rings. The summed E-state index contributed by atoms with van der Waals surface area (Å²) in [5, 5.41) is 17.3. The lowest BCUT2D eigenvalue weighted by atomic mass is 9.81. The van der Waals surface area contributed by atoms with Gasteiger partial charge in [0.2, 0.25) is 0 Å². The standard InChI is InChI=1S/C5H9O2/c6-4-5(7)2-1-3-5/h1,6-7H,2-4H2. The van der Waals surface area contributed by atoms with Crippen molar-refractivity contribution in [2.75, 3.05) is 6.61 Å². The van der Waals surface area contributed by atoms with Crippen molar-refractivity contribution in [1.29, 1.82) is 0 Å². The van der Waals surface area contributed by atoms with Crippen molar-refractivity contribution in [1.82, 2.24) is 0 Å². The Kier molecular flexibility index (Phi) is 1.05. The van der Waals surface area contributed by atoms with Gasteiger partial charge in [-0.1, -0.05) is 0 Å². The molecule has 1 aliphatic carbocycles. The van der Waals surface area contributed by atoms with E-state index < -0.39 is 5.60 Å². The van der Waals surface area contributed by atoms with Gasteiger partial charge in [-0.05, 0) is 19.3 Å². The minimum Gasteiger partial charge on any atom is -0.393 e. The number of rotatable bonds is 1. The molecule has 0 spiro atoms. The third-order valence-electron chi connectivity index (χ3n) is 1.34. The first kappa shape index (κ1) is 5.06. The average molecular weight is 101 g/mol. The van der Waals surface area contributed by atoms with Gasteiger partial charge in [0.15, 0.2) is 0 Å². The molecule has 2 N–H and O–H groups in total. The van der Waals surface area contributed by atoms with Crippen LogP contribution in [0.15, 0.2) is 0 Å². The van der Waals surface area contributed by atoms with Gasteiger partial charge >= 0.3 is 0 Å². The molecule has 0 bridgehead atoms. The first-order valence-electron chi connectivity index (χ1n) is 2.42. The van der Waals surface area contributed by atoms with Crippen LogP contribution in [0.3, 0.4) is 0 Å². The van der Waals surface area contributed by atoms with E-state index in [0.29, 0.717) is 12.8 Å². The molecule has 0 aromatic rings. The van der Waals surface area contributed by atoms with Gasteiger partial charge in [0.1, 0.15) is 0 Å². The van der Waals surface area contributed by atoms with Crippen LogP contribution < -0.4 is 0 Å². The van der Waals surface area contributed by atoms with Crippen molar-refractivity contribution in [2.24, 2.45) is 0 Å². The van der Waals surface area contributed by atoms with Crippen molar-refractivity contribution in [3.8, 4) is 0 Å². The highest BCUT2D eigenvalue weighted by Gasteiger charge is 2.33. The van der Waals surface area contributed by atoms with E-state index in [4.69, 9.17) is 10.2 Å². The summed E-state index contributed by atoms with van der Waals surface area (Å²) in [7, 11) is 0. The summed E-state index contributed by atoms with van der Waals surface area (Å²) in [6, 6.07) is 0. The molecule has 0 atom stereocenters. The lowest BCUT2D eigenvalue weighted by Gasteiger charge is -2.33. The van der Waals surface area contributed by atoms with Gasteiger partial charge < -0.3 is 10.2 Å². The zero-order valence-electron chi connectivity index (χ0n) is 4.09. The van der Waals surface area contributed by atoms with Gasteiger partial charge in [-0.25, -0.2) is 0 Å². The maximum Gasteiger partial charge on any atom is 0.0882 e. The van der Waals surface area contributed by atoms with Crippen LogP contribution in [0.2, 0.25) is 0 Å². The largest absolute Gasteiger partial charge is 0.393 e. The summed E-state index contributed by atoms with van der Waals surface area (Å²) >= 11 is 0. The van der Waals surface area contributed by atoms with Crippen molar-refractivity contribution in [3.63, 3.8) is 0 Å².